The summed E-state index contributed by atoms with van der Waals surface area (Å²) < 4.78 is 17.2. The van der Waals surface area contributed by atoms with E-state index in [2.05, 4.69) is 17.1 Å². The number of nitrogens with zero attached hydrogens (tertiary/aromatic N) is 2. The molecule has 3 aliphatic carbocycles. The number of nitrogens with two attached hydrogens (primary N) is 1. The van der Waals surface area contributed by atoms with Crippen LogP contribution in [0.15, 0.2) is 35.3 Å². The number of rotatable bonds is 4. The van der Waals surface area contributed by atoms with Crippen molar-refractivity contribution in [3.8, 4) is 0 Å². The highest BCUT2D eigenvalue weighted by Crippen LogP contribution is 2.50. The van der Waals surface area contributed by atoms with Gasteiger partial charge in [0.2, 0.25) is 5.43 Å². The Balaban J connectivity index is 1.66. The average Bonchev–Trinajstić information content (AvgIpc) is 3.22. The second-order valence-corrected chi connectivity index (χ2v) is 10.4. The minimum atomic E-state index is -1.30. The molecule has 6 nitrogen and oxygen atoms in total. The second kappa shape index (κ2) is 6.91. The fraction of sp³-hybridized carbons (Fsp3) is 0.520. The number of anilines is 1. The van der Waals surface area contributed by atoms with E-state index in [1.807, 2.05) is 25.3 Å². The highest BCUT2D eigenvalue weighted by atomic mass is 19.1. The molecule has 4 atom stereocenters. The molecule has 1 saturated heterocycles. The Kier molecular flexibility index (Phi) is 4.58. The summed E-state index contributed by atoms with van der Waals surface area (Å²) in [6, 6.07) is 2.94. The fourth-order valence-electron chi connectivity index (χ4n) is 5.99. The SMILES string of the molecule is CCC(C)(C)n1cc(C(=O)O)c(=O)c2cc(F)c(N3CC4C5C=CC(N)(CC5)C4C3)cc21. The topological polar surface area (TPSA) is 88.6 Å². The van der Waals surface area contributed by atoms with Gasteiger partial charge in [0, 0.05) is 41.7 Å². The van der Waals surface area contributed by atoms with Crippen molar-refractivity contribution in [3.63, 3.8) is 0 Å². The van der Waals surface area contributed by atoms with Crippen LogP contribution in [0, 0.1) is 23.6 Å². The maximum absolute atomic E-state index is 15.4. The predicted molar refractivity (Wildman–Crippen MR) is 123 cm³/mol. The summed E-state index contributed by atoms with van der Waals surface area (Å²) in [7, 11) is 0. The molecule has 2 aromatic rings. The van der Waals surface area contributed by atoms with Crippen molar-refractivity contribution < 1.29 is 14.3 Å². The largest absolute Gasteiger partial charge is 0.477 e. The van der Waals surface area contributed by atoms with Crippen molar-refractivity contribution in [2.75, 3.05) is 18.0 Å². The number of carbonyl (C=O) groups is 1. The lowest BCUT2D eigenvalue weighted by atomic mass is 9.60. The van der Waals surface area contributed by atoms with Crippen molar-refractivity contribution in [1.82, 2.24) is 4.57 Å². The van der Waals surface area contributed by atoms with Gasteiger partial charge >= 0.3 is 5.97 Å². The number of carboxylic acid groups (broad SMARTS) is 1. The maximum Gasteiger partial charge on any atom is 0.341 e. The molecule has 2 heterocycles. The molecule has 0 radical (unpaired) electrons. The van der Waals surface area contributed by atoms with Gasteiger partial charge in [0.1, 0.15) is 11.4 Å². The Morgan fingerprint density at radius 3 is 2.69 bits per heavy atom. The number of halogens is 1. The number of hydrogen-bond acceptors (Lipinski definition) is 4. The maximum atomic E-state index is 15.4. The van der Waals surface area contributed by atoms with E-state index < -0.39 is 22.8 Å². The second-order valence-electron chi connectivity index (χ2n) is 10.4. The molecule has 2 bridgehead atoms. The van der Waals surface area contributed by atoms with Gasteiger partial charge in [-0.05, 0) is 57.1 Å². The van der Waals surface area contributed by atoms with Crippen molar-refractivity contribution in [3.05, 3.63) is 52.1 Å². The molecule has 0 amide bonds. The van der Waals surface area contributed by atoms with Crippen LogP contribution < -0.4 is 16.1 Å². The van der Waals surface area contributed by atoms with Gasteiger partial charge < -0.3 is 20.3 Å². The van der Waals surface area contributed by atoms with Crippen LogP contribution in [0.25, 0.3) is 10.9 Å². The number of aromatic carboxylic acids is 1. The van der Waals surface area contributed by atoms with E-state index in [4.69, 9.17) is 5.73 Å². The van der Waals surface area contributed by atoms with Gasteiger partial charge in [-0.2, -0.15) is 0 Å². The van der Waals surface area contributed by atoms with Gasteiger partial charge in [0.05, 0.1) is 11.2 Å². The Labute approximate surface area is 186 Å². The molecule has 4 aliphatic rings. The molecule has 1 aromatic carbocycles. The van der Waals surface area contributed by atoms with Gasteiger partial charge in [-0.3, -0.25) is 4.79 Å². The Bertz CT molecular complexity index is 1220. The van der Waals surface area contributed by atoms with Gasteiger partial charge in [0.15, 0.2) is 0 Å². The molecule has 0 spiro atoms. The zero-order valence-electron chi connectivity index (χ0n) is 18.8. The van der Waals surface area contributed by atoms with Crippen molar-refractivity contribution in [2.45, 2.75) is 51.1 Å². The molecule has 2 fully saturated rings. The van der Waals surface area contributed by atoms with E-state index in [9.17, 15) is 14.7 Å². The minimum absolute atomic E-state index is 0.0984. The summed E-state index contributed by atoms with van der Waals surface area (Å²) in [4.78, 5) is 26.6. The molecule has 1 aliphatic heterocycles. The lowest BCUT2D eigenvalue weighted by Crippen LogP contribution is -2.55. The van der Waals surface area contributed by atoms with Gasteiger partial charge in [0.25, 0.3) is 0 Å². The third kappa shape index (κ3) is 2.94. The van der Waals surface area contributed by atoms with Crippen LogP contribution in [0.5, 0.6) is 0 Å². The highest BCUT2D eigenvalue weighted by molar-refractivity contribution is 5.93. The molecule has 6 rings (SSSR count). The fourth-order valence-corrected chi connectivity index (χ4v) is 5.99. The molecular formula is C25H30FN3O3. The van der Waals surface area contributed by atoms with Crippen LogP contribution in [0.3, 0.4) is 0 Å². The third-order valence-corrected chi connectivity index (χ3v) is 8.33. The van der Waals surface area contributed by atoms with Crippen molar-refractivity contribution >= 4 is 22.6 Å². The summed E-state index contributed by atoms with van der Waals surface area (Å²) in [6.07, 6.45) is 8.54. The van der Waals surface area contributed by atoms with Crippen LogP contribution in [0.1, 0.15) is 50.4 Å². The van der Waals surface area contributed by atoms with E-state index in [0.29, 0.717) is 36.0 Å². The minimum Gasteiger partial charge on any atom is -0.477 e. The number of carboxylic acids is 1. The van der Waals surface area contributed by atoms with Gasteiger partial charge in [-0.1, -0.05) is 19.1 Å². The number of pyridine rings is 1. The van der Waals surface area contributed by atoms with E-state index in [-0.39, 0.29) is 22.4 Å². The lowest BCUT2D eigenvalue weighted by molar-refractivity contribution is 0.0694. The molecule has 3 N–H and O–H groups in total. The smallest absolute Gasteiger partial charge is 0.341 e. The van der Waals surface area contributed by atoms with Crippen LogP contribution in [0.4, 0.5) is 10.1 Å². The Hall–Kier alpha value is -2.67. The van der Waals surface area contributed by atoms with E-state index in [1.165, 1.54) is 12.3 Å². The molecule has 4 unspecified atom stereocenters. The number of hydrogen-bond donors (Lipinski definition) is 2. The quantitative estimate of drug-likeness (QED) is 0.709. The lowest BCUT2D eigenvalue weighted by Gasteiger charge is -2.47. The summed E-state index contributed by atoms with van der Waals surface area (Å²) in [5, 5.41) is 9.65. The van der Waals surface area contributed by atoms with Crippen LogP contribution in [-0.2, 0) is 5.54 Å². The van der Waals surface area contributed by atoms with Crippen LogP contribution in [-0.4, -0.2) is 34.3 Å². The number of aromatic nitrogens is 1. The molecular weight excluding hydrogens is 409 g/mol. The number of allylic oxidation sites excluding steroid dienone is 1. The zero-order chi connectivity index (χ0) is 23.0. The average molecular weight is 440 g/mol. The van der Waals surface area contributed by atoms with Crippen molar-refractivity contribution in [1.29, 1.82) is 0 Å². The first-order chi connectivity index (χ1) is 15.1. The summed E-state index contributed by atoms with van der Waals surface area (Å²) in [6.45, 7) is 7.38. The first kappa shape index (κ1) is 21.2. The van der Waals surface area contributed by atoms with E-state index in [1.54, 1.807) is 6.07 Å². The van der Waals surface area contributed by atoms with E-state index in [0.717, 1.165) is 19.4 Å². The standard InChI is InChI=1S/C25H30FN3O3/c1-4-24(2,3)29-12-17(23(31)32)22(30)15-9-19(26)21(10-20(15)29)28-11-16-14-5-7-25(27,8-6-14)18(16)13-28/h5,7,9-10,12,14,16,18H,4,6,8,11,13,27H2,1-3H3,(H,31,32). The third-order valence-electron chi connectivity index (χ3n) is 8.33. The first-order valence-electron chi connectivity index (χ1n) is 11.4. The summed E-state index contributed by atoms with van der Waals surface area (Å²) >= 11 is 0. The van der Waals surface area contributed by atoms with Gasteiger partial charge in [-0.15, -0.1) is 0 Å². The summed E-state index contributed by atoms with van der Waals surface area (Å²) in [5.74, 6) is -0.637. The molecule has 1 aromatic heterocycles. The number of fused-ring (bicyclic) bond motifs is 2. The molecule has 7 heteroatoms. The van der Waals surface area contributed by atoms with Crippen LogP contribution in [0.2, 0.25) is 0 Å². The van der Waals surface area contributed by atoms with E-state index >= 15 is 4.39 Å². The summed E-state index contributed by atoms with van der Waals surface area (Å²) in [5.41, 5.74) is 5.95. The number of benzene rings is 1. The normalized spacial score (nSPS) is 29.0. The Morgan fingerprint density at radius 1 is 1.34 bits per heavy atom. The zero-order valence-corrected chi connectivity index (χ0v) is 18.8. The molecule has 32 heavy (non-hydrogen) atoms. The highest BCUT2D eigenvalue weighted by Gasteiger charge is 2.52. The van der Waals surface area contributed by atoms with Crippen LogP contribution >= 0.6 is 0 Å². The Morgan fingerprint density at radius 2 is 2.09 bits per heavy atom. The van der Waals surface area contributed by atoms with Crippen molar-refractivity contribution in [2.24, 2.45) is 23.5 Å². The monoisotopic (exact) mass is 439 g/mol. The molecule has 170 valence electrons. The first-order valence-corrected chi connectivity index (χ1v) is 11.4. The van der Waals surface area contributed by atoms with Gasteiger partial charge in [-0.25, -0.2) is 9.18 Å². The predicted octanol–water partition coefficient (Wildman–Crippen LogP) is 3.71. The molecule has 1 saturated carbocycles.